The second kappa shape index (κ2) is 5.43. The summed E-state index contributed by atoms with van der Waals surface area (Å²) in [5.41, 5.74) is 3.46. The molecular formula is C11H17NO3S. The first-order valence-electron chi connectivity index (χ1n) is 5.15. The smallest absolute Gasteiger partial charge is 0.192 e. The predicted octanol–water partition coefficient (Wildman–Crippen LogP) is 1.86. The van der Waals surface area contributed by atoms with Crippen molar-refractivity contribution in [2.24, 2.45) is 5.92 Å². The van der Waals surface area contributed by atoms with Gasteiger partial charge in [0.15, 0.2) is 0 Å². The minimum atomic E-state index is -3.68. The molecule has 5 heteroatoms. The molecule has 0 heterocycles. The Hall–Kier alpha value is -0.910. The molecular weight excluding hydrogens is 226 g/mol. The Morgan fingerprint density at radius 3 is 2.31 bits per heavy atom. The average Bonchev–Trinajstić information content (AvgIpc) is 2.17. The van der Waals surface area contributed by atoms with Gasteiger partial charge in [0.25, 0.3) is 0 Å². The fraction of sp³-hybridized carbons (Fsp3) is 0.455. The first-order valence-corrected chi connectivity index (χ1v) is 6.55. The summed E-state index contributed by atoms with van der Waals surface area (Å²) in [6, 6.07) is 6.53. The van der Waals surface area contributed by atoms with Gasteiger partial charge in [0.05, 0.1) is 4.90 Å². The van der Waals surface area contributed by atoms with Crippen LogP contribution in [0.1, 0.15) is 19.4 Å². The topological polar surface area (TPSA) is 55.4 Å². The third-order valence-corrected chi connectivity index (χ3v) is 3.16. The van der Waals surface area contributed by atoms with Gasteiger partial charge in [-0.3, -0.25) is 0 Å². The van der Waals surface area contributed by atoms with Crippen molar-refractivity contribution in [3.05, 3.63) is 29.8 Å². The Morgan fingerprint density at radius 1 is 1.25 bits per heavy atom. The van der Waals surface area contributed by atoms with Gasteiger partial charge in [0, 0.05) is 6.54 Å². The molecule has 0 radical (unpaired) electrons. The van der Waals surface area contributed by atoms with Crippen molar-refractivity contribution in [1.82, 2.24) is 5.48 Å². The molecule has 1 rings (SSSR count). The molecule has 4 nitrogen and oxygen atoms in total. The van der Waals surface area contributed by atoms with E-state index in [1.807, 2.05) is 20.8 Å². The van der Waals surface area contributed by atoms with Crippen molar-refractivity contribution < 1.29 is 12.7 Å². The Balaban J connectivity index is 2.67. The number of hydrogen-bond donors (Lipinski definition) is 1. The van der Waals surface area contributed by atoms with Crippen molar-refractivity contribution in [2.45, 2.75) is 25.7 Å². The van der Waals surface area contributed by atoms with Gasteiger partial charge in [-0.15, -0.1) is 0 Å². The lowest BCUT2D eigenvalue weighted by atomic mass is 10.2. The number of nitrogens with one attached hydrogen (secondary N) is 1. The normalized spacial score (nSPS) is 12.0. The number of aryl methyl sites for hydroxylation is 1. The monoisotopic (exact) mass is 243 g/mol. The molecule has 0 saturated carbocycles. The van der Waals surface area contributed by atoms with Crippen molar-refractivity contribution in [1.29, 1.82) is 0 Å². The van der Waals surface area contributed by atoms with Gasteiger partial charge in [-0.05, 0) is 25.0 Å². The number of hydroxylamine groups is 1. The molecule has 0 bridgehead atoms. The minimum absolute atomic E-state index is 0.161. The van der Waals surface area contributed by atoms with Crippen LogP contribution in [0.25, 0.3) is 0 Å². The van der Waals surface area contributed by atoms with E-state index >= 15 is 0 Å². The van der Waals surface area contributed by atoms with Crippen LogP contribution in [0, 0.1) is 12.8 Å². The Morgan fingerprint density at radius 2 is 1.81 bits per heavy atom. The van der Waals surface area contributed by atoms with Crippen molar-refractivity contribution in [3.63, 3.8) is 0 Å². The summed E-state index contributed by atoms with van der Waals surface area (Å²) in [4.78, 5) is 0.161. The van der Waals surface area contributed by atoms with Crippen molar-refractivity contribution in [3.8, 4) is 0 Å². The molecule has 0 aliphatic heterocycles. The second-order valence-electron chi connectivity index (χ2n) is 4.09. The Kier molecular flexibility index (Phi) is 4.46. The van der Waals surface area contributed by atoms with Gasteiger partial charge in [0.1, 0.15) is 0 Å². The summed E-state index contributed by atoms with van der Waals surface area (Å²) < 4.78 is 28.0. The summed E-state index contributed by atoms with van der Waals surface area (Å²) in [5.74, 6) is 0.327. The van der Waals surface area contributed by atoms with Crippen molar-refractivity contribution in [2.75, 3.05) is 6.54 Å². The summed E-state index contributed by atoms with van der Waals surface area (Å²) in [7, 11) is -3.68. The lowest BCUT2D eigenvalue weighted by Crippen LogP contribution is -2.24. The van der Waals surface area contributed by atoms with Gasteiger partial charge in [-0.2, -0.15) is 18.2 Å². The SMILES string of the molecule is Cc1ccc(S(=O)(=O)ONCC(C)C)cc1. The number of benzene rings is 1. The van der Waals surface area contributed by atoms with Gasteiger partial charge in [0.2, 0.25) is 0 Å². The van der Waals surface area contributed by atoms with Gasteiger partial charge < -0.3 is 0 Å². The van der Waals surface area contributed by atoms with E-state index < -0.39 is 10.1 Å². The van der Waals surface area contributed by atoms with Crippen LogP contribution in [0.15, 0.2) is 29.2 Å². The van der Waals surface area contributed by atoms with Gasteiger partial charge in [-0.1, -0.05) is 31.5 Å². The molecule has 1 aromatic rings. The molecule has 1 N–H and O–H groups in total. The molecule has 0 atom stereocenters. The van der Waals surface area contributed by atoms with E-state index in [4.69, 9.17) is 0 Å². The highest BCUT2D eigenvalue weighted by Gasteiger charge is 2.14. The highest BCUT2D eigenvalue weighted by molar-refractivity contribution is 7.86. The zero-order chi connectivity index (χ0) is 12.2. The minimum Gasteiger partial charge on any atom is -0.192 e. The Labute approximate surface area is 96.7 Å². The average molecular weight is 243 g/mol. The maximum Gasteiger partial charge on any atom is 0.312 e. The molecule has 0 fully saturated rings. The maximum atomic E-state index is 11.6. The quantitative estimate of drug-likeness (QED) is 0.802. The van der Waals surface area contributed by atoms with Crippen LogP contribution in [-0.2, 0) is 14.4 Å². The maximum absolute atomic E-state index is 11.6. The molecule has 0 aliphatic rings. The van der Waals surface area contributed by atoms with E-state index in [1.165, 1.54) is 12.1 Å². The van der Waals surface area contributed by atoms with Crippen LogP contribution in [0.4, 0.5) is 0 Å². The summed E-state index contributed by atoms with van der Waals surface area (Å²) in [6.45, 7) is 6.32. The van der Waals surface area contributed by atoms with Gasteiger partial charge in [-0.25, -0.2) is 0 Å². The van der Waals surface area contributed by atoms with Crippen LogP contribution < -0.4 is 5.48 Å². The largest absolute Gasteiger partial charge is 0.312 e. The molecule has 90 valence electrons. The standard InChI is InChI=1S/C11H17NO3S/c1-9(2)8-12-15-16(13,14)11-6-4-10(3)5-7-11/h4-7,9,12H,8H2,1-3H3. The highest BCUT2D eigenvalue weighted by atomic mass is 32.2. The zero-order valence-corrected chi connectivity index (χ0v) is 10.5. The third-order valence-electron chi connectivity index (χ3n) is 1.97. The molecule has 0 spiro atoms. The van der Waals surface area contributed by atoms with Crippen molar-refractivity contribution >= 4 is 10.1 Å². The second-order valence-corrected chi connectivity index (χ2v) is 5.64. The van der Waals surface area contributed by atoms with Gasteiger partial charge >= 0.3 is 10.1 Å². The molecule has 0 amide bonds. The number of rotatable bonds is 5. The lowest BCUT2D eigenvalue weighted by molar-refractivity contribution is 0.191. The summed E-state index contributed by atoms with van der Waals surface area (Å²) >= 11 is 0. The summed E-state index contributed by atoms with van der Waals surface area (Å²) in [5, 5.41) is 0. The van der Waals surface area contributed by atoms with E-state index in [-0.39, 0.29) is 4.90 Å². The number of hydrogen-bond acceptors (Lipinski definition) is 4. The third kappa shape index (κ3) is 3.92. The van der Waals surface area contributed by atoms with Crippen LogP contribution >= 0.6 is 0 Å². The highest BCUT2D eigenvalue weighted by Crippen LogP contribution is 2.11. The molecule has 16 heavy (non-hydrogen) atoms. The fourth-order valence-corrected chi connectivity index (χ4v) is 1.82. The molecule has 1 aromatic carbocycles. The van der Waals surface area contributed by atoms with E-state index in [0.717, 1.165) is 5.56 Å². The van der Waals surface area contributed by atoms with E-state index in [2.05, 4.69) is 9.76 Å². The lowest BCUT2D eigenvalue weighted by Gasteiger charge is -2.08. The van der Waals surface area contributed by atoms with E-state index in [1.54, 1.807) is 12.1 Å². The first kappa shape index (κ1) is 13.2. The Bertz CT molecular complexity index is 423. The van der Waals surface area contributed by atoms with E-state index in [0.29, 0.717) is 12.5 Å². The first-order chi connectivity index (χ1) is 7.42. The molecule has 0 unspecified atom stereocenters. The van der Waals surface area contributed by atoms with E-state index in [9.17, 15) is 8.42 Å². The molecule has 0 aromatic heterocycles. The predicted molar refractivity (Wildman–Crippen MR) is 62.3 cm³/mol. The zero-order valence-electron chi connectivity index (χ0n) is 9.73. The van der Waals surface area contributed by atoms with Crippen LogP contribution in [0.2, 0.25) is 0 Å². The fourth-order valence-electron chi connectivity index (χ4n) is 1.03. The summed E-state index contributed by atoms with van der Waals surface area (Å²) in [6.07, 6.45) is 0. The van der Waals surface area contributed by atoms with Crippen LogP contribution in [-0.4, -0.2) is 15.0 Å². The van der Waals surface area contributed by atoms with Crippen LogP contribution in [0.3, 0.4) is 0 Å². The molecule has 0 saturated heterocycles. The molecule has 0 aliphatic carbocycles. The van der Waals surface area contributed by atoms with Crippen LogP contribution in [0.5, 0.6) is 0 Å².